The lowest BCUT2D eigenvalue weighted by Crippen LogP contribution is -2.06. The maximum absolute atomic E-state index is 12.3. The van der Waals surface area contributed by atoms with Gasteiger partial charge < -0.3 is 0 Å². The van der Waals surface area contributed by atoms with Gasteiger partial charge in [-0.15, -0.1) is 0 Å². The van der Waals surface area contributed by atoms with E-state index in [1.165, 1.54) is 18.5 Å². The highest BCUT2D eigenvalue weighted by molar-refractivity contribution is 6.08. The van der Waals surface area contributed by atoms with E-state index in [1.807, 2.05) is 0 Å². The number of nitrogens with zero attached hydrogens (tertiary/aromatic N) is 2. The number of alkyl halides is 3. The first kappa shape index (κ1) is 12.2. The monoisotopic (exact) mass is 252 g/mol. The number of carbonyl (C=O) groups excluding carboxylic acids is 1. The number of hydrogen-bond acceptors (Lipinski definition) is 3. The van der Waals surface area contributed by atoms with Crippen molar-refractivity contribution in [3.8, 4) is 0 Å². The van der Waals surface area contributed by atoms with Crippen LogP contribution in [-0.4, -0.2) is 16.0 Å². The summed E-state index contributed by atoms with van der Waals surface area (Å²) in [6.07, 6.45) is -1.79. The highest BCUT2D eigenvalue weighted by Crippen LogP contribution is 2.29. The zero-order valence-electron chi connectivity index (χ0n) is 8.98. The molecule has 3 nitrogen and oxygen atoms in total. The van der Waals surface area contributed by atoms with Crippen molar-refractivity contribution < 1.29 is 18.0 Å². The Kier molecular flexibility index (Phi) is 3.10. The Morgan fingerprint density at radius 1 is 0.944 bits per heavy atom. The zero-order chi connectivity index (χ0) is 13.2. The molecule has 92 valence electrons. The average Bonchev–Trinajstić information content (AvgIpc) is 2.38. The smallest absolute Gasteiger partial charge is 0.289 e. The number of ketones is 1. The van der Waals surface area contributed by atoms with Crippen molar-refractivity contribution in [2.75, 3.05) is 0 Å². The second kappa shape index (κ2) is 4.56. The Balaban J connectivity index is 2.28. The summed E-state index contributed by atoms with van der Waals surface area (Å²) < 4.78 is 37.0. The van der Waals surface area contributed by atoms with Crippen LogP contribution in [0.3, 0.4) is 0 Å². The fourth-order valence-corrected chi connectivity index (χ4v) is 1.40. The minimum atomic E-state index is -4.40. The second-order valence-electron chi connectivity index (χ2n) is 3.54. The second-order valence-corrected chi connectivity index (χ2v) is 3.54. The van der Waals surface area contributed by atoms with Crippen molar-refractivity contribution in [3.05, 3.63) is 59.4 Å². The predicted molar refractivity (Wildman–Crippen MR) is 56.9 cm³/mol. The molecular formula is C12H7F3N2O. The van der Waals surface area contributed by atoms with Gasteiger partial charge in [0, 0.05) is 11.1 Å². The van der Waals surface area contributed by atoms with Crippen LogP contribution in [0.5, 0.6) is 0 Å². The van der Waals surface area contributed by atoms with Crippen LogP contribution in [0.25, 0.3) is 0 Å². The summed E-state index contributed by atoms with van der Waals surface area (Å²) >= 11 is 0. The number of rotatable bonds is 2. The Hall–Kier alpha value is -2.24. The fourth-order valence-electron chi connectivity index (χ4n) is 1.40. The lowest BCUT2D eigenvalue weighted by Gasteiger charge is -2.06. The normalized spacial score (nSPS) is 11.3. The van der Waals surface area contributed by atoms with Crippen LogP contribution in [0.4, 0.5) is 13.2 Å². The lowest BCUT2D eigenvalue weighted by atomic mass is 10.0. The van der Waals surface area contributed by atoms with Crippen LogP contribution in [0, 0.1) is 0 Å². The van der Waals surface area contributed by atoms with Crippen molar-refractivity contribution in [3.63, 3.8) is 0 Å². The Bertz CT molecular complexity index is 550. The molecule has 2 rings (SSSR count). The third-order valence-corrected chi connectivity index (χ3v) is 2.32. The molecule has 6 heteroatoms. The minimum Gasteiger partial charge on any atom is -0.289 e. The summed E-state index contributed by atoms with van der Waals surface area (Å²) in [5.74, 6) is -0.390. The first-order valence-electron chi connectivity index (χ1n) is 4.97. The molecule has 0 aliphatic carbocycles. The molecule has 0 aliphatic rings. The molecule has 0 saturated heterocycles. The topological polar surface area (TPSA) is 42.9 Å². The largest absolute Gasteiger partial charge is 0.416 e. The van der Waals surface area contributed by atoms with Gasteiger partial charge in [-0.1, -0.05) is 12.1 Å². The summed E-state index contributed by atoms with van der Waals surface area (Å²) in [7, 11) is 0. The molecule has 0 fully saturated rings. The van der Waals surface area contributed by atoms with Crippen molar-refractivity contribution in [2.45, 2.75) is 6.18 Å². The molecule has 1 aromatic heterocycles. The SMILES string of the molecule is O=C(c1ccc(C(F)(F)F)cc1)c1ccnnc1. The summed E-state index contributed by atoms with van der Waals surface area (Å²) in [5, 5.41) is 7.05. The maximum atomic E-state index is 12.3. The first-order valence-corrected chi connectivity index (χ1v) is 4.97. The molecule has 1 aromatic carbocycles. The standard InChI is InChI=1S/C12H7F3N2O/c13-12(14,15)10-3-1-8(2-4-10)11(18)9-5-6-16-17-7-9/h1-7H. The van der Waals surface area contributed by atoms with Crippen molar-refractivity contribution in [2.24, 2.45) is 0 Å². The molecule has 0 atom stereocenters. The average molecular weight is 252 g/mol. The molecule has 18 heavy (non-hydrogen) atoms. The van der Waals surface area contributed by atoms with Gasteiger partial charge in [0.25, 0.3) is 0 Å². The molecule has 0 bridgehead atoms. The fraction of sp³-hybridized carbons (Fsp3) is 0.0833. The van der Waals surface area contributed by atoms with Crippen LogP contribution in [0.15, 0.2) is 42.7 Å². The van der Waals surface area contributed by atoms with Gasteiger partial charge in [-0.05, 0) is 18.2 Å². The Labute approximate surface area is 100 Å². The van der Waals surface area contributed by atoms with Gasteiger partial charge in [0.1, 0.15) is 0 Å². The highest BCUT2D eigenvalue weighted by atomic mass is 19.4. The predicted octanol–water partition coefficient (Wildman–Crippen LogP) is 2.73. The Morgan fingerprint density at radius 3 is 2.11 bits per heavy atom. The van der Waals surface area contributed by atoms with Crippen LogP contribution >= 0.6 is 0 Å². The number of hydrogen-bond donors (Lipinski definition) is 0. The van der Waals surface area contributed by atoms with E-state index in [0.29, 0.717) is 0 Å². The number of aromatic nitrogens is 2. The summed E-state index contributed by atoms with van der Waals surface area (Å²) in [5.41, 5.74) is -0.326. The molecule has 0 N–H and O–H groups in total. The van der Waals surface area contributed by atoms with Gasteiger partial charge in [0.2, 0.25) is 0 Å². The highest BCUT2D eigenvalue weighted by Gasteiger charge is 2.30. The lowest BCUT2D eigenvalue weighted by molar-refractivity contribution is -0.137. The molecule has 1 heterocycles. The van der Waals surface area contributed by atoms with Crippen molar-refractivity contribution >= 4 is 5.78 Å². The van der Waals surface area contributed by atoms with Crippen LogP contribution in [0.2, 0.25) is 0 Å². The van der Waals surface area contributed by atoms with E-state index in [1.54, 1.807) is 0 Å². The van der Waals surface area contributed by atoms with Gasteiger partial charge in [-0.3, -0.25) is 4.79 Å². The van der Waals surface area contributed by atoms with Gasteiger partial charge in [0.15, 0.2) is 5.78 Å². The van der Waals surface area contributed by atoms with E-state index < -0.39 is 17.5 Å². The number of benzene rings is 1. The van der Waals surface area contributed by atoms with Gasteiger partial charge in [0.05, 0.1) is 18.0 Å². The van der Waals surface area contributed by atoms with Crippen molar-refractivity contribution in [1.82, 2.24) is 10.2 Å². The van der Waals surface area contributed by atoms with Gasteiger partial charge in [-0.25, -0.2) is 0 Å². The van der Waals surface area contributed by atoms with E-state index in [4.69, 9.17) is 0 Å². The third kappa shape index (κ3) is 2.53. The first-order chi connectivity index (χ1) is 8.48. The van der Waals surface area contributed by atoms with E-state index in [-0.39, 0.29) is 11.1 Å². The molecule has 0 amide bonds. The minimum absolute atomic E-state index is 0.177. The molecule has 2 aromatic rings. The third-order valence-electron chi connectivity index (χ3n) is 2.32. The maximum Gasteiger partial charge on any atom is 0.416 e. The molecule has 0 spiro atoms. The number of carbonyl (C=O) groups is 1. The van der Waals surface area contributed by atoms with E-state index >= 15 is 0 Å². The molecule has 0 unspecified atom stereocenters. The van der Waals surface area contributed by atoms with E-state index in [9.17, 15) is 18.0 Å². The van der Waals surface area contributed by atoms with Crippen molar-refractivity contribution in [1.29, 1.82) is 0 Å². The van der Waals surface area contributed by atoms with Gasteiger partial charge >= 0.3 is 6.18 Å². The quantitative estimate of drug-likeness (QED) is 0.772. The zero-order valence-corrected chi connectivity index (χ0v) is 8.98. The van der Waals surface area contributed by atoms with Crippen LogP contribution in [0.1, 0.15) is 21.5 Å². The molecule has 0 saturated carbocycles. The van der Waals surface area contributed by atoms with Crippen LogP contribution < -0.4 is 0 Å². The summed E-state index contributed by atoms with van der Waals surface area (Å²) in [6.45, 7) is 0. The molecule has 0 radical (unpaired) electrons. The van der Waals surface area contributed by atoms with Crippen LogP contribution in [-0.2, 0) is 6.18 Å². The Morgan fingerprint density at radius 2 is 1.61 bits per heavy atom. The molecular weight excluding hydrogens is 245 g/mol. The summed E-state index contributed by atoms with van der Waals surface area (Å²) in [6, 6.07) is 5.49. The summed E-state index contributed by atoms with van der Waals surface area (Å²) in [4.78, 5) is 11.9. The van der Waals surface area contributed by atoms with E-state index in [2.05, 4.69) is 10.2 Å². The molecule has 0 aliphatic heterocycles. The number of halogens is 3. The van der Waals surface area contributed by atoms with E-state index in [0.717, 1.165) is 24.3 Å². The van der Waals surface area contributed by atoms with Gasteiger partial charge in [-0.2, -0.15) is 23.4 Å².